The van der Waals surface area contributed by atoms with E-state index in [1.807, 2.05) is 19.9 Å². The summed E-state index contributed by atoms with van der Waals surface area (Å²) < 4.78 is 0. The van der Waals surface area contributed by atoms with Gasteiger partial charge in [-0.25, -0.2) is 11.6 Å². The molecular weight excluding hydrogens is 257 g/mol. The van der Waals surface area contributed by atoms with Crippen molar-refractivity contribution in [2.45, 2.75) is 33.6 Å². The van der Waals surface area contributed by atoms with Gasteiger partial charge in [0.15, 0.2) is 0 Å². The van der Waals surface area contributed by atoms with Gasteiger partial charge in [-0.2, -0.15) is 13.0 Å². The summed E-state index contributed by atoms with van der Waals surface area (Å²) in [5.74, 6) is 0. The molecule has 0 amide bonds. The molecule has 0 radical (unpaired) electrons. The van der Waals surface area contributed by atoms with Gasteiger partial charge in [-0.3, -0.25) is 11.6 Å². The van der Waals surface area contributed by atoms with Crippen LogP contribution in [0.1, 0.15) is 33.6 Å². The average molecular weight is 275 g/mol. The van der Waals surface area contributed by atoms with Crippen molar-refractivity contribution in [1.29, 1.82) is 0 Å². The molecule has 0 heterocycles. The second-order valence-corrected chi connectivity index (χ2v) is 2.99. The van der Waals surface area contributed by atoms with Crippen LogP contribution in [0.25, 0.3) is 0 Å². The van der Waals surface area contributed by atoms with Gasteiger partial charge < -0.3 is 6.08 Å². The summed E-state index contributed by atoms with van der Waals surface area (Å²) >= 11 is 0. The Morgan fingerprint density at radius 3 is 2.50 bits per heavy atom. The van der Waals surface area contributed by atoms with Crippen LogP contribution in [0.3, 0.4) is 0 Å². The van der Waals surface area contributed by atoms with Gasteiger partial charge in [0.2, 0.25) is 0 Å². The molecule has 0 spiro atoms. The molecule has 0 saturated carbocycles. The fourth-order valence-corrected chi connectivity index (χ4v) is 0.833. The molecule has 0 saturated heterocycles. The van der Waals surface area contributed by atoms with E-state index < -0.39 is 0 Å². The molecule has 0 aromatic carbocycles. The van der Waals surface area contributed by atoms with E-state index in [-0.39, 0.29) is 19.5 Å². The van der Waals surface area contributed by atoms with Crippen LogP contribution in [0.4, 0.5) is 0 Å². The van der Waals surface area contributed by atoms with E-state index in [1.165, 1.54) is 11.1 Å². The van der Waals surface area contributed by atoms with Crippen LogP contribution in [0, 0.1) is 12.2 Å². The van der Waals surface area contributed by atoms with Gasteiger partial charge in [0.05, 0.1) is 0 Å². The smallest absolute Gasteiger partial charge is 0.500 e. The first-order valence-corrected chi connectivity index (χ1v) is 4.55. The largest absolute Gasteiger partial charge is 2.00 e. The molecule has 0 bridgehead atoms. The van der Waals surface area contributed by atoms with Crippen LogP contribution in [0.15, 0.2) is 36.0 Å². The minimum atomic E-state index is 0. The number of rotatable bonds is 2. The zero-order valence-corrected chi connectivity index (χ0v) is 10.9. The van der Waals surface area contributed by atoms with Crippen molar-refractivity contribution in [2.75, 3.05) is 0 Å². The van der Waals surface area contributed by atoms with E-state index in [1.54, 1.807) is 0 Å². The van der Waals surface area contributed by atoms with Gasteiger partial charge in [-0.1, -0.05) is 19.9 Å². The maximum Gasteiger partial charge on any atom is 2.00 e. The summed E-state index contributed by atoms with van der Waals surface area (Å²) in [5.41, 5.74) is 2.53. The minimum absolute atomic E-state index is 0. The van der Waals surface area contributed by atoms with Gasteiger partial charge in [0.1, 0.15) is 0 Å². The van der Waals surface area contributed by atoms with Crippen molar-refractivity contribution in [2.24, 2.45) is 0 Å². The summed E-state index contributed by atoms with van der Waals surface area (Å²) in [7, 11) is 0. The van der Waals surface area contributed by atoms with Crippen LogP contribution < -0.4 is 0 Å². The third kappa shape index (κ3) is 9.67. The second kappa shape index (κ2) is 10.7. The van der Waals surface area contributed by atoms with Gasteiger partial charge in [-0.05, 0) is 6.42 Å². The van der Waals surface area contributed by atoms with E-state index >= 15 is 0 Å². The number of hydrogen-bond donors (Lipinski definition) is 0. The Labute approximate surface area is 101 Å². The molecular formula is C13H18Ru. The Balaban J connectivity index is 0. The van der Waals surface area contributed by atoms with Gasteiger partial charge in [-0.15, -0.1) is 13.0 Å². The maximum absolute atomic E-state index is 3.59. The molecule has 0 aliphatic heterocycles. The molecule has 0 aromatic heterocycles. The third-order valence-electron chi connectivity index (χ3n) is 1.74. The van der Waals surface area contributed by atoms with Crippen molar-refractivity contribution >= 4 is 0 Å². The summed E-state index contributed by atoms with van der Waals surface area (Å²) in [5, 5.41) is 0. The minimum Gasteiger partial charge on any atom is -0.500 e. The third-order valence-corrected chi connectivity index (χ3v) is 1.74. The average Bonchev–Trinajstić information content (AvgIpc) is 2.57. The van der Waals surface area contributed by atoms with Gasteiger partial charge >= 0.3 is 19.5 Å². The number of hydrogen-bond acceptors (Lipinski definition) is 0. The fourth-order valence-electron chi connectivity index (χ4n) is 0.833. The first kappa shape index (κ1) is 16.0. The van der Waals surface area contributed by atoms with Crippen molar-refractivity contribution in [3.63, 3.8) is 0 Å². The van der Waals surface area contributed by atoms with Crippen LogP contribution in [-0.2, 0) is 19.5 Å². The van der Waals surface area contributed by atoms with Crippen molar-refractivity contribution < 1.29 is 19.5 Å². The molecule has 0 aromatic rings. The molecule has 0 N–H and O–H groups in total. The molecule has 0 atom stereocenters. The predicted molar refractivity (Wildman–Crippen MR) is 59.1 cm³/mol. The fraction of sp³-hybridized carbons (Fsp3) is 0.385. The molecule has 78 valence electrons. The quantitative estimate of drug-likeness (QED) is 0.405. The Kier molecular flexibility index (Phi) is 12.2. The van der Waals surface area contributed by atoms with E-state index in [4.69, 9.17) is 0 Å². The van der Waals surface area contributed by atoms with Crippen LogP contribution in [0.5, 0.6) is 0 Å². The molecule has 14 heavy (non-hydrogen) atoms. The first-order chi connectivity index (χ1) is 6.20. The molecule has 0 nitrogen and oxygen atoms in total. The van der Waals surface area contributed by atoms with Crippen LogP contribution >= 0.6 is 0 Å². The molecule has 1 aliphatic carbocycles. The van der Waals surface area contributed by atoms with Crippen molar-refractivity contribution in [3.05, 3.63) is 48.1 Å². The van der Waals surface area contributed by atoms with E-state index in [0.717, 1.165) is 12.8 Å². The monoisotopic (exact) mass is 276 g/mol. The SMILES string of the molecule is C=CCC(C)=[C-]C.CC1=[C-]CC=C1.[Ru+2]. The first-order valence-electron chi connectivity index (χ1n) is 4.55. The van der Waals surface area contributed by atoms with Crippen molar-refractivity contribution in [1.82, 2.24) is 0 Å². The normalized spacial score (nSPS) is 13.6. The van der Waals surface area contributed by atoms with E-state index in [0.29, 0.717) is 0 Å². The molecule has 1 heteroatoms. The van der Waals surface area contributed by atoms with E-state index in [9.17, 15) is 0 Å². The second-order valence-electron chi connectivity index (χ2n) is 2.99. The predicted octanol–water partition coefficient (Wildman–Crippen LogP) is 4.03. The van der Waals surface area contributed by atoms with Crippen LogP contribution in [0.2, 0.25) is 0 Å². The number of allylic oxidation sites excluding steroid dienone is 7. The van der Waals surface area contributed by atoms with E-state index in [2.05, 4.69) is 37.8 Å². The Hall–Kier alpha value is -0.417. The molecule has 1 aliphatic rings. The summed E-state index contributed by atoms with van der Waals surface area (Å²) in [4.78, 5) is 0. The van der Waals surface area contributed by atoms with Crippen LogP contribution in [-0.4, -0.2) is 0 Å². The Bertz CT molecular complexity index is 229. The Morgan fingerprint density at radius 2 is 2.36 bits per heavy atom. The summed E-state index contributed by atoms with van der Waals surface area (Å²) in [6.45, 7) is 9.61. The van der Waals surface area contributed by atoms with Gasteiger partial charge in [0, 0.05) is 0 Å². The molecule has 0 unspecified atom stereocenters. The summed E-state index contributed by atoms with van der Waals surface area (Å²) in [6, 6.07) is 0. The topological polar surface area (TPSA) is 0 Å². The van der Waals surface area contributed by atoms with Gasteiger partial charge in [0.25, 0.3) is 0 Å². The van der Waals surface area contributed by atoms with Crippen molar-refractivity contribution in [3.8, 4) is 0 Å². The zero-order valence-electron chi connectivity index (χ0n) is 9.21. The maximum atomic E-state index is 3.59. The Morgan fingerprint density at radius 1 is 1.71 bits per heavy atom. The molecule has 1 rings (SSSR count). The molecule has 0 fully saturated rings. The summed E-state index contributed by atoms with van der Waals surface area (Å²) in [6.07, 6.45) is 14.2. The zero-order chi connectivity index (χ0) is 10.1. The standard InChI is InChI=1S/C7H11.C6H7.Ru/c1-4-6-7(3)5-2;1-6-4-2-3-5-6;/h4H,1,6H2,2-3H3;2,4H,3H2,1H3;/q2*-1;+2.